The summed E-state index contributed by atoms with van der Waals surface area (Å²) in [6, 6.07) is 0. The van der Waals surface area contributed by atoms with Crippen molar-refractivity contribution < 1.29 is 50.4 Å². The molecule has 0 bridgehead atoms. The van der Waals surface area contributed by atoms with Crippen LogP contribution >= 0.6 is 0 Å². The van der Waals surface area contributed by atoms with Crippen LogP contribution in [0.4, 0.5) is 0 Å². The molecule has 2 nitrogen and oxygen atoms in total. The summed E-state index contributed by atoms with van der Waals surface area (Å²) in [5.41, 5.74) is 0. The maximum absolute atomic E-state index is 0. The van der Waals surface area contributed by atoms with Crippen LogP contribution in [0.3, 0.4) is 0 Å². The van der Waals surface area contributed by atoms with E-state index in [1.807, 2.05) is 0 Å². The van der Waals surface area contributed by atoms with Gasteiger partial charge in [0.1, 0.15) is 0 Å². The predicted molar refractivity (Wildman–Crippen MR) is 7.13 cm³/mol. The molecule has 0 heterocycles. The minimum atomic E-state index is 0. The van der Waals surface area contributed by atoms with Gasteiger partial charge in [0.2, 0.25) is 0 Å². The van der Waals surface area contributed by atoms with Crippen LogP contribution in [-0.4, -0.2) is 11.0 Å². The quantitative estimate of drug-likeness (QED) is 0.536. The van der Waals surface area contributed by atoms with Crippen LogP contribution in [-0.2, 0) is 50.4 Å². The fourth-order valence-corrected chi connectivity index (χ4v) is 0. The summed E-state index contributed by atoms with van der Waals surface area (Å²) < 4.78 is 0. The number of hydrogen-bond donors (Lipinski definition) is 0. The molecule has 0 aromatic rings. The van der Waals surface area contributed by atoms with Crippen molar-refractivity contribution in [2.75, 3.05) is 0 Å². The zero-order chi connectivity index (χ0) is 0. The van der Waals surface area contributed by atoms with Crippen molar-refractivity contribution in [3.8, 4) is 0 Å². The fraction of sp³-hybridized carbons (Fsp3) is 0. The van der Waals surface area contributed by atoms with Crippen molar-refractivity contribution in [2.24, 2.45) is 0 Å². The smallest absolute Gasteiger partial charge is 0 e. The van der Waals surface area contributed by atoms with Gasteiger partial charge in [0.25, 0.3) is 0 Å². The Balaban J connectivity index is 0. The molecule has 0 amide bonds. The number of hydrogen-bond acceptors (Lipinski definition) is 0. The van der Waals surface area contributed by atoms with Gasteiger partial charge in [-0.2, -0.15) is 0 Å². The molecule has 0 aromatic carbocycles. The van der Waals surface area contributed by atoms with Crippen molar-refractivity contribution >= 4 is 11.0 Å². The fourth-order valence-electron chi connectivity index (χ4n) is 0. The van der Waals surface area contributed by atoms with E-state index in [1.54, 1.807) is 0 Å². The third-order valence-electron chi connectivity index (χ3n) is 0. The minimum Gasteiger partial charge on any atom is -2.00 e. The molecule has 0 saturated carbocycles. The van der Waals surface area contributed by atoms with Crippen LogP contribution in [0.1, 0.15) is 0 Å². The van der Waals surface area contributed by atoms with Crippen molar-refractivity contribution in [2.45, 2.75) is 0 Å². The van der Waals surface area contributed by atoms with E-state index in [2.05, 4.69) is 0 Å². The maximum atomic E-state index is 0. The Kier molecular flexibility index (Phi) is 1020. The van der Waals surface area contributed by atoms with E-state index in [9.17, 15) is 0 Å². The third kappa shape index (κ3) is 31.9. The van der Waals surface area contributed by atoms with Crippen LogP contribution < -0.4 is 0 Å². The summed E-state index contributed by atoms with van der Waals surface area (Å²) >= 11 is 0. The second kappa shape index (κ2) is 53.5. The van der Waals surface area contributed by atoms with Gasteiger partial charge in [0.15, 0.2) is 0 Å². The summed E-state index contributed by atoms with van der Waals surface area (Å²) in [5.74, 6) is 0. The van der Waals surface area contributed by atoms with Crippen molar-refractivity contribution in [1.82, 2.24) is 0 Å². The van der Waals surface area contributed by atoms with Gasteiger partial charge in [0, 0.05) is 50.4 Å². The van der Waals surface area contributed by atoms with Crippen LogP contribution in [0.2, 0.25) is 0 Å². The molecule has 0 atom stereocenters. The first-order chi connectivity index (χ1) is 0. The molecular formula is CuO2SiTa-4. The molecule has 0 N–H and O–H groups in total. The standard InChI is InChI=1S/Cu.2O.Si.Ta/q;2*-2;;. The van der Waals surface area contributed by atoms with Crippen LogP contribution in [0, 0.1) is 0 Å². The Morgan fingerprint density at radius 2 is 0.800 bits per heavy atom. The summed E-state index contributed by atoms with van der Waals surface area (Å²) in [4.78, 5) is 0. The van der Waals surface area contributed by atoms with Gasteiger partial charge in [-0.15, -0.1) is 0 Å². The van der Waals surface area contributed by atoms with E-state index in [1.165, 1.54) is 0 Å². The first-order valence-corrected chi connectivity index (χ1v) is 0. The van der Waals surface area contributed by atoms with E-state index in [0.717, 1.165) is 0 Å². The summed E-state index contributed by atoms with van der Waals surface area (Å²) in [5, 5.41) is 0. The normalized spacial score (nSPS) is 0. The predicted octanol–water partition coefficient (Wildman–Crippen LogP) is -0.623. The van der Waals surface area contributed by atoms with Crippen molar-refractivity contribution in [3.63, 3.8) is 0 Å². The molecule has 6 radical (unpaired) electrons. The molecule has 5 heavy (non-hydrogen) atoms. The Morgan fingerprint density at radius 1 is 0.800 bits per heavy atom. The van der Waals surface area contributed by atoms with Crippen molar-refractivity contribution in [3.05, 3.63) is 0 Å². The molecule has 0 saturated heterocycles. The second-order valence-corrected chi connectivity index (χ2v) is 0. The average Bonchev–Trinajstić information content (AvgIpc) is 0. The molecule has 0 aliphatic heterocycles. The maximum Gasteiger partial charge on any atom is 0 e. The Hall–Kier alpha value is 1.40. The Labute approximate surface area is 61.3 Å². The molecule has 0 aliphatic carbocycles. The van der Waals surface area contributed by atoms with Gasteiger partial charge in [-0.25, -0.2) is 0 Å². The summed E-state index contributed by atoms with van der Waals surface area (Å²) in [7, 11) is 0. The largest absolute Gasteiger partial charge is 2.00 e. The van der Waals surface area contributed by atoms with Crippen LogP contribution in [0.25, 0.3) is 0 Å². The Morgan fingerprint density at radius 3 is 0.800 bits per heavy atom. The van der Waals surface area contributed by atoms with E-state index < -0.39 is 0 Å². The van der Waals surface area contributed by atoms with Crippen LogP contribution in [0.15, 0.2) is 0 Å². The molecule has 0 aliphatic rings. The molecule has 0 aromatic heterocycles. The molecule has 36 valence electrons. The molecule has 0 spiro atoms. The van der Waals surface area contributed by atoms with Gasteiger partial charge < -0.3 is 11.0 Å². The van der Waals surface area contributed by atoms with Gasteiger partial charge in [-0.3, -0.25) is 0 Å². The molecule has 0 fully saturated rings. The molecular weight excluding hydrogens is 305 g/mol. The second-order valence-electron chi connectivity index (χ2n) is 0. The van der Waals surface area contributed by atoms with Crippen LogP contribution in [0.5, 0.6) is 0 Å². The van der Waals surface area contributed by atoms with E-state index in [-0.39, 0.29) is 61.4 Å². The molecule has 0 unspecified atom stereocenters. The first kappa shape index (κ1) is 95.5. The first-order valence-electron chi connectivity index (χ1n) is 0. The van der Waals surface area contributed by atoms with E-state index in [0.29, 0.717) is 0 Å². The summed E-state index contributed by atoms with van der Waals surface area (Å²) in [6.07, 6.45) is 0. The topological polar surface area (TPSA) is 57.0 Å². The Bertz CT molecular complexity index is 9.61. The van der Waals surface area contributed by atoms with E-state index in [4.69, 9.17) is 0 Å². The summed E-state index contributed by atoms with van der Waals surface area (Å²) in [6.45, 7) is 0. The van der Waals surface area contributed by atoms with Gasteiger partial charge in [0.05, 0.1) is 0 Å². The zero-order valence-electron chi connectivity index (χ0n) is 2.07. The zero-order valence-corrected chi connectivity index (χ0v) is 7.22. The monoisotopic (exact) mass is 304 g/mol. The van der Waals surface area contributed by atoms with Gasteiger partial charge in [-0.1, -0.05) is 0 Å². The molecule has 5 heteroatoms. The SMILES string of the molecule is [Cu].[O-2].[O-2].[Si].[Ta]. The van der Waals surface area contributed by atoms with Gasteiger partial charge >= 0.3 is 0 Å². The average molecular weight is 305 g/mol. The van der Waals surface area contributed by atoms with Gasteiger partial charge in [-0.05, 0) is 0 Å². The third-order valence-corrected chi connectivity index (χ3v) is 0. The van der Waals surface area contributed by atoms with Crippen molar-refractivity contribution in [1.29, 1.82) is 0 Å². The molecule has 0 rings (SSSR count). The minimum absolute atomic E-state index is 0. The number of rotatable bonds is 0. The van der Waals surface area contributed by atoms with E-state index >= 15 is 0 Å².